The van der Waals surface area contributed by atoms with Gasteiger partial charge in [0.25, 0.3) is 5.91 Å². The Bertz CT molecular complexity index is 670. The van der Waals surface area contributed by atoms with Crippen LogP contribution in [0.25, 0.3) is 6.08 Å². The summed E-state index contributed by atoms with van der Waals surface area (Å²) in [6.07, 6.45) is 4.18. The molecule has 0 aromatic heterocycles. The topological polar surface area (TPSA) is 93.7 Å². The molecule has 0 saturated heterocycles. The summed E-state index contributed by atoms with van der Waals surface area (Å²) >= 11 is 0. The number of hydrogen-bond acceptors (Lipinski definition) is 5. The lowest BCUT2D eigenvalue weighted by atomic mass is 10.2. The molecule has 3 amide bonds. The second-order valence-electron chi connectivity index (χ2n) is 5.13. The van der Waals surface area contributed by atoms with E-state index in [1.807, 2.05) is 5.32 Å². The number of esters is 1. The second kappa shape index (κ2) is 8.09. The van der Waals surface area contributed by atoms with E-state index in [-0.39, 0.29) is 11.8 Å². The zero-order valence-electron chi connectivity index (χ0n) is 13.0. The lowest BCUT2D eigenvalue weighted by molar-refractivity contribution is -0.143. The Labute approximate surface area is 137 Å². The summed E-state index contributed by atoms with van der Waals surface area (Å²) in [5.41, 5.74) is 0.429. The van der Waals surface area contributed by atoms with E-state index in [0.29, 0.717) is 5.56 Å². The minimum atomic E-state index is -0.788. The Hall–Kier alpha value is -2.90. The van der Waals surface area contributed by atoms with Crippen LogP contribution in [-0.4, -0.2) is 37.7 Å². The number of amides is 3. The molecule has 2 N–H and O–H groups in total. The molecule has 1 aliphatic rings. The van der Waals surface area contributed by atoms with Crippen molar-refractivity contribution in [3.8, 4) is 5.75 Å². The second-order valence-corrected chi connectivity index (χ2v) is 5.13. The molecule has 0 heterocycles. The third kappa shape index (κ3) is 5.71. The lowest BCUT2D eigenvalue weighted by Gasteiger charge is -2.05. The Morgan fingerprint density at radius 3 is 2.71 bits per heavy atom. The predicted octanol–water partition coefficient (Wildman–Crippen LogP) is 1.38. The number of nitrogens with one attached hydrogen (secondary N) is 2. The number of rotatable bonds is 6. The molecule has 0 unspecified atom stereocenters. The monoisotopic (exact) mass is 336 g/mol. The van der Waals surface area contributed by atoms with Crippen LogP contribution in [0.15, 0.2) is 24.3 Å². The summed E-state index contributed by atoms with van der Waals surface area (Å²) in [6, 6.07) is 3.68. The van der Waals surface area contributed by atoms with Crippen LogP contribution in [0.2, 0.25) is 0 Å². The molecule has 2 rings (SSSR count). The van der Waals surface area contributed by atoms with Crippen LogP contribution in [0, 0.1) is 5.82 Å². The summed E-state index contributed by atoms with van der Waals surface area (Å²) in [6.45, 7) is -0.585. The van der Waals surface area contributed by atoms with Crippen molar-refractivity contribution in [2.45, 2.75) is 18.9 Å². The van der Waals surface area contributed by atoms with Crippen LogP contribution in [0.1, 0.15) is 18.4 Å². The minimum Gasteiger partial charge on any atom is -0.494 e. The fraction of sp³-hybridized carbons (Fsp3) is 0.312. The van der Waals surface area contributed by atoms with Crippen LogP contribution < -0.4 is 15.4 Å². The fourth-order valence-electron chi connectivity index (χ4n) is 1.75. The number of halogens is 1. The standard InChI is InChI=1S/C16H17FN2O5/c1-23-13-6-2-10(8-12(13)17)3-7-15(21)24-9-14(20)19-16(22)18-11-4-5-11/h2-3,6-8,11H,4-5,9H2,1H3,(H2,18,19,20,22)/b7-3+. The van der Waals surface area contributed by atoms with Crippen molar-refractivity contribution in [3.63, 3.8) is 0 Å². The zero-order chi connectivity index (χ0) is 17.5. The Kier molecular flexibility index (Phi) is 5.89. The molecular formula is C16H17FN2O5. The zero-order valence-corrected chi connectivity index (χ0v) is 13.0. The van der Waals surface area contributed by atoms with Gasteiger partial charge in [-0.25, -0.2) is 14.0 Å². The quantitative estimate of drug-likeness (QED) is 0.605. The molecule has 0 atom stereocenters. The smallest absolute Gasteiger partial charge is 0.331 e. The Balaban J connectivity index is 1.74. The molecule has 0 spiro atoms. The first-order chi connectivity index (χ1) is 11.5. The minimum absolute atomic E-state index is 0.0934. The van der Waals surface area contributed by atoms with E-state index in [4.69, 9.17) is 4.74 Å². The van der Waals surface area contributed by atoms with Gasteiger partial charge in [0, 0.05) is 12.1 Å². The van der Waals surface area contributed by atoms with Crippen LogP contribution in [0.3, 0.4) is 0 Å². The van der Waals surface area contributed by atoms with Crippen molar-refractivity contribution in [2.75, 3.05) is 13.7 Å². The highest BCUT2D eigenvalue weighted by atomic mass is 19.1. The van der Waals surface area contributed by atoms with Gasteiger partial charge in [-0.15, -0.1) is 0 Å². The normalized spacial score (nSPS) is 13.4. The van der Waals surface area contributed by atoms with Gasteiger partial charge < -0.3 is 14.8 Å². The van der Waals surface area contributed by atoms with Gasteiger partial charge in [0.05, 0.1) is 7.11 Å². The summed E-state index contributed by atoms with van der Waals surface area (Å²) in [7, 11) is 1.35. The molecule has 1 aliphatic carbocycles. The van der Waals surface area contributed by atoms with Gasteiger partial charge in [0.15, 0.2) is 18.2 Å². The number of carbonyl (C=O) groups is 3. The first-order valence-electron chi connectivity index (χ1n) is 7.26. The van der Waals surface area contributed by atoms with Crippen molar-refractivity contribution in [3.05, 3.63) is 35.7 Å². The largest absolute Gasteiger partial charge is 0.494 e. The van der Waals surface area contributed by atoms with Crippen molar-refractivity contribution < 1.29 is 28.2 Å². The van der Waals surface area contributed by atoms with E-state index in [1.54, 1.807) is 6.07 Å². The van der Waals surface area contributed by atoms with E-state index >= 15 is 0 Å². The average molecular weight is 336 g/mol. The van der Waals surface area contributed by atoms with Crippen LogP contribution >= 0.6 is 0 Å². The number of carbonyl (C=O) groups excluding carboxylic acids is 3. The fourth-order valence-corrected chi connectivity index (χ4v) is 1.75. The number of ether oxygens (including phenoxy) is 2. The molecule has 128 valence electrons. The van der Waals surface area contributed by atoms with Gasteiger partial charge in [0.1, 0.15) is 0 Å². The van der Waals surface area contributed by atoms with E-state index in [0.717, 1.165) is 18.9 Å². The number of benzene rings is 1. The third-order valence-corrected chi connectivity index (χ3v) is 3.10. The number of hydrogen-bond donors (Lipinski definition) is 2. The first kappa shape index (κ1) is 17.5. The highest BCUT2D eigenvalue weighted by Gasteiger charge is 2.23. The summed E-state index contributed by atoms with van der Waals surface area (Å²) in [5.74, 6) is -1.99. The summed E-state index contributed by atoms with van der Waals surface area (Å²) < 4.78 is 22.9. The molecule has 1 aromatic carbocycles. The van der Waals surface area contributed by atoms with E-state index in [1.165, 1.54) is 25.3 Å². The molecule has 1 fully saturated rings. The molecule has 1 saturated carbocycles. The molecule has 0 radical (unpaired) electrons. The molecule has 1 aromatic rings. The van der Waals surface area contributed by atoms with Gasteiger partial charge in [-0.05, 0) is 36.6 Å². The van der Waals surface area contributed by atoms with Crippen LogP contribution in [0.4, 0.5) is 9.18 Å². The van der Waals surface area contributed by atoms with Gasteiger partial charge >= 0.3 is 12.0 Å². The average Bonchev–Trinajstić information content (AvgIpc) is 3.34. The maximum atomic E-state index is 13.5. The molecule has 7 nitrogen and oxygen atoms in total. The Morgan fingerprint density at radius 1 is 1.33 bits per heavy atom. The van der Waals surface area contributed by atoms with Crippen molar-refractivity contribution in [2.24, 2.45) is 0 Å². The molecule has 24 heavy (non-hydrogen) atoms. The molecule has 0 bridgehead atoms. The number of methoxy groups -OCH3 is 1. The number of imide groups is 1. The van der Waals surface area contributed by atoms with E-state index in [9.17, 15) is 18.8 Å². The van der Waals surface area contributed by atoms with Gasteiger partial charge in [-0.2, -0.15) is 0 Å². The van der Waals surface area contributed by atoms with E-state index < -0.39 is 30.3 Å². The highest BCUT2D eigenvalue weighted by Crippen LogP contribution is 2.18. The van der Waals surface area contributed by atoms with Crippen molar-refractivity contribution in [1.29, 1.82) is 0 Å². The maximum absolute atomic E-state index is 13.5. The third-order valence-electron chi connectivity index (χ3n) is 3.10. The summed E-state index contributed by atoms with van der Waals surface area (Å²) in [4.78, 5) is 34.2. The highest BCUT2D eigenvalue weighted by molar-refractivity contribution is 5.96. The molecule has 8 heteroatoms. The maximum Gasteiger partial charge on any atom is 0.331 e. The summed E-state index contributed by atoms with van der Waals surface area (Å²) in [5, 5.41) is 4.61. The number of urea groups is 1. The predicted molar refractivity (Wildman–Crippen MR) is 82.6 cm³/mol. The van der Waals surface area contributed by atoms with Crippen molar-refractivity contribution in [1.82, 2.24) is 10.6 Å². The first-order valence-corrected chi connectivity index (χ1v) is 7.26. The SMILES string of the molecule is COc1ccc(/C=C/C(=O)OCC(=O)NC(=O)NC2CC2)cc1F. The van der Waals surface area contributed by atoms with Crippen LogP contribution in [-0.2, 0) is 14.3 Å². The van der Waals surface area contributed by atoms with Gasteiger partial charge in [-0.3, -0.25) is 10.1 Å². The van der Waals surface area contributed by atoms with Crippen LogP contribution in [0.5, 0.6) is 5.75 Å². The molecular weight excluding hydrogens is 319 g/mol. The van der Waals surface area contributed by atoms with E-state index in [2.05, 4.69) is 10.1 Å². The van der Waals surface area contributed by atoms with Gasteiger partial charge in [0.2, 0.25) is 0 Å². The molecule has 0 aliphatic heterocycles. The Morgan fingerprint density at radius 2 is 2.08 bits per heavy atom. The van der Waals surface area contributed by atoms with Gasteiger partial charge in [-0.1, -0.05) is 6.07 Å². The lowest BCUT2D eigenvalue weighted by Crippen LogP contribution is -2.42. The van der Waals surface area contributed by atoms with Crippen molar-refractivity contribution >= 4 is 24.0 Å².